The molecule has 4 N–H and O–H groups in total. The number of nitrogens with one attached hydrogen (secondary N) is 1. The van der Waals surface area contributed by atoms with Gasteiger partial charge in [0.05, 0.1) is 12.1 Å². The molecule has 0 aliphatic heterocycles. The van der Waals surface area contributed by atoms with Crippen molar-refractivity contribution in [2.45, 2.75) is 32.5 Å². The van der Waals surface area contributed by atoms with Gasteiger partial charge in [0.1, 0.15) is 11.9 Å². The van der Waals surface area contributed by atoms with E-state index in [0.717, 1.165) is 5.56 Å². The fourth-order valence-electron chi connectivity index (χ4n) is 3.78. The number of carbonyl (C=O) groups excluding carboxylic acids is 1. The normalized spacial score (nSPS) is 14.1. The number of nitrogen functional groups attached to an aromatic ring is 1. The first kappa shape index (κ1) is 23.3. The standard InChI is InChI=1S/C25H25F2N5O2/c1-14-4-7-16(8-5-14)22(33)25(3,27)13-29-23(34)20-15(2)6-9-18(21(20)26)17-10-11-32-19(12-17)30-24(28)31-32/h4-12,22,33H,13H2,1-3H3,(H2,28,31)(H,29,34)/t22-,25+/m1/s1. The quantitative estimate of drug-likeness (QED) is 0.400. The number of aliphatic hydroxyl groups excluding tert-OH is 1. The van der Waals surface area contributed by atoms with Crippen molar-refractivity contribution in [2.24, 2.45) is 0 Å². The maximum Gasteiger partial charge on any atom is 0.254 e. The number of nitrogens with two attached hydrogens (primary N) is 1. The molecule has 0 saturated heterocycles. The van der Waals surface area contributed by atoms with E-state index >= 15 is 8.78 Å². The zero-order chi connectivity index (χ0) is 24.6. The number of alkyl halides is 1. The van der Waals surface area contributed by atoms with Crippen LogP contribution < -0.4 is 11.1 Å². The Kier molecular flexibility index (Phi) is 6.05. The number of nitrogens with zero attached hydrogens (tertiary/aromatic N) is 3. The lowest BCUT2D eigenvalue weighted by Gasteiger charge is -2.27. The number of anilines is 1. The molecule has 4 rings (SSSR count). The number of carbonyl (C=O) groups is 1. The van der Waals surface area contributed by atoms with Crippen LogP contribution in [0.4, 0.5) is 14.7 Å². The number of hydrogen-bond acceptors (Lipinski definition) is 5. The molecule has 34 heavy (non-hydrogen) atoms. The number of rotatable bonds is 6. The Hall–Kier alpha value is -3.85. The molecular formula is C25H25F2N5O2. The van der Waals surface area contributed by atoms with Crippen LogP contribution in [0.25, 0.3) is 16.8 Å². The van der Waals surface area contributed by atoms with E-state index in [2.05, 4.69) is 15.4 Å². The predicted octanol–water partition coefficient (Wildman–Crippen LogP) is 3.93. The Morgan fingerprint density at radius 1 is 1.21 bits per heavy atom. The number of benzene rings is 2. The van der Waals surface area contributed by atoms with Crippen molar-refractivity contribution in [1.29, 1.82) is 0 Å². The van der Waals surface area contributed by atoms with Crippen molar-refractivity contribution in [3.05, 3.63) is 82.8 Å². The SMILES string of the molecule is Cc1ccc([C@@H](O)[C@@](C)(F)CNC(=O)c2c(C)ccc(-c3ccn4nc(N)nc4c3)c2F)cc1. The van der Waals surface area contributed by atoms with Crippen LogP contribution in [0.3, 0.4) is 0 Å². The number of amides is 1. The van der Waals surface area contributed by atoms with Crippen LogP contribution in [-0.2, 0) is 0 Å². The van der Waals surface area contributed by atoms with Crippen LogP contribution in [0.5, 0.6) is 0 Å². The van der Waals surface area contributed by atoms with Crippen molar-refractivity contribution in [3.63, 3.8) is 0 Å². The third kappa shape index (κ3) is 4.47. The zero-order valence-corrected chi connectivity index (χ0v) is 19.0. The Labute approximate surface area is 195 Å². The molecule has 2 heterocycles. The smallest absolute Gasteiger partial charge is 0.254 e. The molecule has 0 bridgehead atoms. The van der Waals surface area contributed by atoms with Gasteiger partial charge in [-0.1, -0.05) is 42.0 Å². The summed E-state index contributed by atoms with van der Waals surface area (Å²) in [5, 5.41) is 16.9. The maximum absolute atomic E-state index is 15.5. The van der Waals surface area contributed by atoms with Crippen molar-refractivity contribution >= 4 is 17.5 Å². The van der Waals surface area contributed by atoms with E-state index in [-0.39, 0.29) is 17.1 Å². The van der Waals surface area contributed by atoms with Crippen molar-refractivity contribution in [1.82, 2.24) is 19.9 Å². The van der Waals surface area contributed by atoms with Crippen LogP contribution in [0.1, 0.15) is 40.1 Å². The molecule has 2 aromatic heterocycles. The molecule has 1 amide bonds. The Morgan fingerprint density at radius 3 is 2.62 bits per heavy atom. The number of aromatic nitrogens is 3. The Balaban J connectivity index is 1.57. The molecule has 0 spiro atoms. The summed E-state index contributed by atoms with van der Waals surface area (Å²) in [6.07, 6.45) is 0.127. The van der Waals surface area contributed by atoms with Gasteiger partial charge < -0.3 is 16.2 Å². The number of aryl methyl sites for hydroxylation is 2. The van der Waals surface area contributed by atoms with Crippen LogP contribution >= 0.6 is 0 Å². The van der Waals surface area contributed by atoms with Gasteiger partial charge in [-0.2, -0.15) is 4.98 Å². The highest BCUT2D eigenvalue weighted by Gasteiger charge is 2.35. The third-order valence-corrected chi connectivity index (χ3v) is 5.80. The molecular weight excluding hydrogens is 440 g/mol. The van der Waals surface area contributed by atoms with Crippen molar-refractivity contribution < 1.29 is 18.7 Å². The highest BCUT2D eigenvalue weighted by atomic mass is 19.1. The second-order valence-corrected chi connectivity index (χ2v) is 8.58. The third-order valence-electron chi connectivity index (χ3n) is 5.80. The minimum atomic E-state index is -2.18. The van der Waals surface area contributed by atoms with E-state index in [1.165, 1.54) is 11.4 Å². The van der Waals surface area contributed by atoms with Crippen LogP contribution in [0.15, 0.2) is 54.7 Å². The molecule has 7 nitrogen and oxygen atoms in total. The minimum absolute atomic E-state index is 0.0868. The van der Waals surface area contributed by atoms with Gasteiger partial charge in [-0.15, -0.1) is 5.10 Å². The first-order valence-corrected chi connectivity index (χ1v) is 10.7. The van der Waals surface area contributed by atoms with Crippen molar-refractivity contribution in [2.75, 3.05) is 12.3 Å². The summed E-state index contributed by atoms with van der Waals surface area (Å²) in [6, 6.07) is 13.2. The van der Waals surface area contributed by atoms with E-state index in [1.54, 1.807) is 61.7 Å². The van der Waals surface area contributed by atoms with Gasteiger partial charge in [-0.05, 0) is 49.6 Å². The number of pyridine rings is 1. The van der Waals surface area contributed by atoms with E-state index in [1.807, 2.05) is 6.92 Å². The van der Waals surface area contributed by atoms with Gasteiger partial charge in [0.25, 0.3) is 5.91 Å². The van der Waals surface area contributed by atoms with Gasteiger partial charge in [0, 0.05) is 11.8 Å². The lowest BCUT2D eigenvalue weighted by Crippen LogP contribution is -2.42. The van der Waals surface area contributed by atoms with E-state index in [4.69, 9.17) is 5.73 Å². The van der Waals surface area contributed by atoms with E-state index in [0.29, 0.717) is 22.3 Å². The zero-order valence-electron chi connectivity index (χ0n) is 19.0. The predicted molar refractivity (Wildman–Crippen MR) is 126 cm³/mol. The minimum Gasteiger partial charge on any atom is -0.385 e. The largest absolute Gasteiger partial charge is 0.385 e. The van der Waals surface area contributed by atoms with Gasteiger partial charge in [0.2, 0.25) is 5.95 Å². The topological polar surface area (TPSA) is 106 Å². The molecule has 176 valence electrons. The Bertz CT molecular complexity index is 1370. The average molecular weight is 466 g/mol. The molecule has 0 aliphatic carbocycles. The van der Waals surface area contributed by atoms with Gasteiger partial charge in [-0.25, -0.2) is 13.3 Å². The molecule has 9 heteroatoms. The maximum atomic E-state index is 15.5. The monoisotopic (exact) mass is 465 g/mol. The van der Waals surface area contributed by atoms with Gasteiger partial charge >= 0.3 is 0 Å². The molecule has 0 radical (unpaired) electrons. The first-order valence-electron chi connectivity index (χ1n) is 10.7. The summed E-state index contributed by atoms with van der Waals surface area (Å²) in [5.41, 5.74) is 6.09. The highest BCUT2D eigenvalue weighted by Crippen LogP contribution is 2.30. The van der Waals surface area contributed by atoms with E-state index in [9.17, 15) is 9.90 Å². The highest BCUT2D eigenvalue weighted by molar-refractivity contribution is 5.97. The van der Waals surface area contributed by atoms with E-state index < -0.39 is 30.0 Å². The summed E-state index contributed by atoms with van der Waals surface area (Å²) in [5.74, 6) is -1.43. The molecule has 2 atom stereocenters. The number of fused-ring (bicyclic) bond motifs is 1. The second kappa shape index (κ2) is 8.83. The molecule has 4 aromatic rings. The molecule has 0 unspecified atom stereocenters. The number of aliphatic hydroxyl groups is 1. The summed E-state index contributed by atoms with van der Waals surface area (Å²) < 4.78 is 32.2. The van der Waals surface area contributed by atoms with Crippen molar-refractivity contribution in [3.8, 4) is 11.1 Å². The van der Waals surface area contributed by atoms with Gasteiger partial charge in [0.15, 0.2) is 11.3 Å². The molecule has 0 aliphatic rings. The molecule has 0 fully saturated rings. The summed E-state index contributed by atoms with van der Waals surface area (Å²) in [4.78, 5) is 17.0. The number of halogens is 2. The summed E-state index contributed by atoms with van der Waals surface area (Å²) >= 11 is 0. The lowest BCUT2D eigenvalue weighted by atomic mass is 9.93. The van der Waals surface area contributed by atoms with Crippen LogP contribution in [0.2, 0.25) is 0 Å². The lowest BCUT2D eigenvalue weighted by molar-refractivity contribution is 0.00354. The van der Waals surface area contributed by atoms with Gasteiger partial charge in [-0.3, -0.25) is 4.79 Å². The fraction of sp³-hybridized carbons (Fsp3) is 0.240. The average Bonchev–Trinajstić information content (AvgIpc) is 3.17. The van der Waals surface area contributed by atoms with Crippen LogP contribution in [0, 0.1) is 19.7 Å². The molecule has 0 saturated carbocycles. The number of hydrogen-bond donors (Lipinski definition) is 3. The first-order chi connectivity index (χ1) is 16.1. The Morgan fingerprint density at radius 2 is 1.91 bits per heavy atom. The summed E-state index contributed by atoms with van der Waals surface area (Å²) in [7, 11) is 0. The molecule has 2 aromatic carbocycles. The fourth-order valence-corrected chi connectivity index (χ4v) is 3.78. The summed E-state index contributed by atoms with van der Waals surface area (Å²) in [6.45, 7) is 4.17. The second-order valence-electron chi connectivity index (χ2n) is 8.58. The van der Waals surface area contributed by atoms with Crippen LogP contribution in [-0.4, -0.2) is 37.8 Å².